The molecule has 0 saturated carbocycles. The zero-order chi connectivity index (χ0) is 15.7. The number of hydrogen-bond donors (Lipinski definition) is 1. The molecular formula is C16H24F3NO. The molecule has 0 heterocycles. The van der Waals surface area contributed by atoms with Crippen molar-refractivity contribution >= 4 is 0 Å². The Kier molecular flexibility index (Phi) is 7.57. The molecule has 0 aliphatic rings. The molecule has 0 aromatic heterocycles. The average Bonchev–Trinajstić information content (AvgIpc) is 2.39. The second-order valence-electron chi connectivity index (χ2n) is 5.13. The molecule has 0 spiro atoms. The Morgan fingerprint density at radius 2 is 1.76 bits per heavy atom. The average molecular weight is 303 g/mol. The van der Waals surface area contributed by atoms with Crippen molar-refractivity contribution < 1.29 is 17.9 Å². The predicted octanol–water partition coefficient (Wildman–Crippen LogP) is 4.69. The van der Waals surface area contributed by atoms with Gasteiger partial charge >= 0.3 is 6.36 Å². The second kappa shape index (κ2) is 8.93. The van der Waals surface area contributed by atoms with Crippen molar-refractivity contribution in [2.45, 2.75) is 58.4 Å². The van der Waals surface area contributed by atoms with Gasteiger partial charge in [-0.2, -0.15) is 0 Å². The molecule has 0 amide bonds. The summed E-state index contributed by atoms with van der Waals surface area (Å²) in [6.45, 7) is 5.24. The van der Waals surface area contributed by atoms with Crippen molar-refractivity contribution in [1.82, 2.24) is 5.32 Å². The maximum absolute atomic E-state index is 12.0. The van der Waals surface area contributed by atoms with Crippen molar-refractivity contribution in [2.24, 2.45) is 0 Å². The Morgan fingerprint density at radius 1 is 1.10 bits per heavy atom. The minimum absolute atomic E-state index is 0.164. The number of nitrogens with one attached hydrogen (secondary N) is 1. The standard InChI is InChI=1S/C16H24F3NO/c1-3-6-14(20-4-2)8-5-7-13-9-11-15(12-10-13)21-16(17,18)19/h9-12,14,20H,3-8H2,1-2H3. The van der Waals surface area contributed by atoms with E-state index in [-0.39, 0.29) is 5.75 Å². The minimum Gasteiger partial charge on any atom is -0.406 e. The molecule has 0 bridgehead atoms. The number of halogens is 3. The van der Waals surface area contributed by atoms with Gasteiger partial charge in [-0.3, -0.25) is 0 Å². The van der Waals surface area contributed by atoms with Crippen LogP contribution in [0, 0.1) is 0 Å². The summed E-state index contributed by atoms with van der Waals surface area (Å²) in [6.07, 6.45) is 0.672. The van der Waals surface area contributed by atoms with Crippen molar-refractivity contribution in [3.05, 3.63) is 29.8 Å². The third kappa shape index (κ3) is 7.95. The summed E-state index contributed by atoms with van der Waals surface area (Å²) in [7, 11) is 0. The first-order valence-corrected chi connectivity index (χ1v) is 7.52. The lowest BCUT2D eigenvalue weighted by molar-refractivity contribution is -0.274. The summed E-state index contributed by atoms with van der Waals surface area (Å²) in [5, 5.41) is 3.46. The molecule has 1 N–H and O–H groups in total. The molecule has 0 aliphatic carbocycles. The van der Waals surface area contributed by atoms with Gasteiger partial charge in [0, 0.05) is 6.04 Å². The fourth-order valence-corrected chi connectivity index (χ4v) is 2.40. The molecule has 0 aliphatic heterocycles. The molecule has 2 nitrogen and oxygen atoms in total. The van der Waals surface area contributed by atoms with E-state index in [0.29, 0.717) is 6.04 Å². The van der Waals surface area contributed by atoms with Crippen LogP contribution in [0.25, 0.3) is 0 Å². The Morgan fingerprint density at radius 3 is 2.29 bits per heavy atom. The van der Waals surface area contributed by atoms with Crippen molar-refractivity contribution in [3.63, 3.8) is 0 Å². The second-order valence-corrected chi connectivity index (χ2v) is 5.13. The van der Waals surface area contributed by atoms with E-state index in [1.807, 2.05) is 0 Å². The van der Waals surface area contributed by atoms with Crippen LogP contribution in [0.2, 0.25) is 0 Å². The molecule has 120 valence electrons. The smallest absolute Gasteiger partial charge is 0.406 e. The number of benzene rings is 1. The maximum atomic E-state index is 12.0. The van der Waals surface area contributed by atoms with E-state index >= 15 is 0 Å². The summed E-state index contributed by atoms with van der Waals surface area (Å²) in [5.41, 5.74) is 1.04. The van der Waals surface area contributed by atoms with E-state index in [1.165, 1.54) is 12.1 Å². The van der Waals surface area contributed by atoms with Gasteiger partial charge in [0.1, 0.15) is 5.75 Å². The van der Waals surface area contributed by atoms with Gasteiger partial charge in [0.15, 0.2) is 0 Å². The summed E-state index contributed by atoms with van der Waals surface area (Å²) >= 11 is 0. The molecule has 1 atom stereocenters. The third-order valence-electron chi connectivity index (χ3n) is 3.30. The molecule has 0 radical (unpaired) electrons. The van der Waals surface area contributed by atoms with Crippen molar-refractivity contribution in [2.75, 3.05) is 6.54 Å². The van der Waals surface area contributed by atoms with Gasteiger partial charge in [-0.15, -0.1) is 13.2 Å². The summed E-state index contributed by atoms with van der Waals surface area (Å²) in [5.74, 6) is -0.164. The van der Waals surface area contributed by atoms with Crippen LogP contribution in [0.3, 0.4) is 0 Å². The van der Waals surface area contributed by atoms with Crippen LogP contribution in [0.15, 0.2) is 24.3 Å². The SMILES string of the molecule is CCCC(CCCc1ccc(OC(F)(F)F)cc1)NCC. The Labute approximate surface area is 124 Å². The van der Waals surface area contributed by atoms with E-state index < -0.39 is 6.36 Å². The topological polar surface area (TPSA) is 21.3 Å². The van der Waals surface area contributed by atoms with Gasteiger partial charge in [0.2, 0.25) is 0 Å². The predicted molar refractivity (Wildman–Crippen MR) is 78.4 cm³/mol. The third-order valence-corrected chi connectivity index (χ3v) is 3.30. The normalized spacial score (nSPS) is 13.2. The van der Waals surface area contributed by atoms with Gasteiger partial charge in [-0.25, -0.2) is 0 Å². The molecular weight excluding hydrogens is 279 g/mol. The molecule has 5 heteroatoms. The van der Waals surface area contributed by atoms with Crippen molar-refractivity contribution in [1.29, 1.82) is 0 Å². The largest absolute Gasteiger partial charge is 0.573 e. The highest BCUT2D eigenvalue weighted by Gasteiger charge is 2.30. The highest BCUT2D eigenvalue weighted by atomic mass is 19.4. The molecule has 21 heavy (non-hydrogen) atoms. The van der Waals surface area contributed by atoms with Crippen LogP contribution in [0.4, 0.5) is 13.2 Å². The van der Waals surface area contributed by atoms with Crippen LogP contribution < -0.4 is 10.1 Å². The van der Waals surface area contributed by atoms with Gasteiger partial charge in [-0.1, -0.05) is 32.4 Å². The van der Waals surface area contributed by atoms with Gasteiger partial charge in [0.05, 0.1) is 0 Å². The Bertz CT molecular complexity index is 384. The van der Waals surface area contributed by atoms with Crippen LogP contribution >= 0.6 is 0 Å². The molecule has 0 fully saturated rings. The first kappa shape index (κ1) is 17.8. The summed E-state index contributed by atoms with van der Waals surface area (Å²) < 4.78 is 40.0. The highest BCUT2D eigenvalue weighted by molar-refractivity contribution is 5.27. The summed E-state index contributed by atoms with van der Waals surface area (Å²) in [6, 6.07) is 6.67. The lowest BCUT2D eigenvalue weighted by atomic mass is 10.0. The van der Waals surface area contributed by atoms with E-state index in [0.717, 1.165) is 44.2 Å². The number of alkyl halides is 3. The molecule has 1 aromatic rings. The van der Waals surface area contributed by atoms with Crippen LogP contribution in [0.5, 0.6) is 5.75 Å². The fraction of sp³-hybridized carbons (Fsp3) is 0.625. The van der Waals surface area contributed by atoms with E-state index in [9.17, 15) is 13.2 Å². The van der Waals surface area contributed by atoms with E-state index in [1.54, 1.807) is 12.1 Å². The quantitative estimate of drug-likeness (QED) is 0.715. The first-order valence-electron chi connectivity index (χ1n) is 7.52. The molecule has 1 unspecified atom stereocenters. The van der Waals surface area contributed by atoms with E-state index in [4.69, 9.17) is 0 Å². The first-order chi connectivity index (χ1) is 9.94. The fourth-order valence-electron chi connectivity index (χ4n) is 2.40. The number of rotatable bonds is 9. The number of hydrogen-bond acceptors (Lipinski definition) is 2. The van der Waals surface area contributed by atoms with E-state index in [2.05, 4.69) is 23.9 Å². The van der Waals surface area contributed by atoms with Gasteiger partial charge in [-0.05, 0) is 49.9 Å². The van der Waals surface area contributed by atoms with Gasteiger partial charge in [0.25, 0.3) is 0 Å². The van der Waals surface area contributed by atoms with Gasteiger partial charge < -0.3 is 10.1 Å². The lowest BCUT2D eigenvalue weighted by Gasteiger charge is -2.16. The van der Waals surface area contributed by atoms with Crippen LogP contribution in [-0.2, 0) is 6.42 Å². The molecule has 0 saturated heterocycles. The Balaban J connectivity index is 2.38. The Hall–Kier alpha value is -1.23. The zero-order valence-corrected chi connectivity index (χ0v) is 12.7. The number of aryl methyl sites for hydroxylation is 1. The van der Waals surface area contributed by atoms with Crippen molar-refractivity contribution in [3.8, 4) is 5.75 Å². The minimum atomic E-state index is -4.62. The van der Waals surface area contributed by atoms with Crippen LogP contribution in [-0.4, -0.2) is 18.9 Å². The van der Waals surface area contributed by atoms with Crippen LogP contribution in [0.1, 0.15) is 45.1 Å². The maximum Gasteiger partial charge on any atom is 0.573 e. The summed E-state index contributed by atoms with van der Waals surface area (Å²) in [4.78, 5) is 0. The molecule has 1 rings (SSSR count). The molecule has 1 aromatic carbocycles. The number of ether oxygens (including phenoxy) is 1. The monoisotopic (exact) mass is 303 g/mol. The zero-order valence-electron chi connectivity index (χ0n) is 12.7. The highest BCUT2D eigenvalue weighted by Crippen LogP contribution is 2.23. The lowest BCUT2D eigenvalue weighted by Crippen LogP contribution is -2.28.